The number of morpholine rings is 1. The first kappa shape index (κ1) is 26.5. The van der Waals surface area contributed by atoms with Gasteiger partial charge in [0, 0.05) is 68.2 Å². The van der Waals surface area contributed by atoms with Gasteiger partial charge in [0.15, 0.2) is 0 Å². The van der Waals surface area contributed by atoms with Gasteiger partial charge in [-0.2, -0.15) is 10.4 Å². The molecule has 11 heteroatoms. The van der Waals surface area contributed by atoms with E-state index in [2.05, 4.69) is 37.3 Å². The van der Waals surface area contributed by atoms with Crippen LogP contribution in [0.15, 0.2) is 36.8 Å². The summed E-state index contributed by atoms with van der Waals surface area (Å²) in [5.41, 5.74) is 3.02. The molecule has 4 fully saturated rings. The molecule has 0 aromatic carbocycles. The summed E-state index contributed by atoms with van der Waals surface area (Å²) in [4.78, 5) is 24.0. The Morgan fingerprint density at radius 1 is 1.23 bits per heavy atom. The quantitative estimate of drug-likeness (QED) is 0.431. The number of carbonyl (C=O) groups is 1. The highest BCUT2D eigenvalue weighted by atomic mass is 16.5. The molecule has 4 saturated heterocycles. The Bertz CT molecular complexity index is 1380. The maximum atomic E-state index is 12.3. The van der Waals surface area contributed by atoms with Crippen LogP contribution in [0.25, 0.3) is 16.6 Å². The molecule has 2 unspecified atom stereocenters. The number of aromatic nitrogens is 3. The molecule has 40 heavy (non-hydrogen) atoms. The van der Waals surface area contributed by atoms with Crippen molar-refractivity contribution in [2.75, 3.05) is 64.0 Å². The zero-order valence-electron chi connectivity index (χ0n) is 23.1. The molecule has 4 aliphatic heterocycles. The van der Waals surface area contributed by atoms with Gasteiger partial charge in [-0.15, -0.1) is 0 Å². The Hall–Kier alpha value is -3.72. The van der Waals surface area contributed by atoms with E-state index in [-0.39, 0.29) is 11.9 Å². The molecule has 2 bridgehead atoms. The molecular formula is C29H36N8O3. The van der Waals surface area contributed by atoms with E-state index in [1.54, 1.807) is 10.7 Å². The predicted molar refractivity (Wildman–Crippen MR) is 150 cm³/mol. The number of carbonyl (C=O) groups excluding carboxylic acids is 1. The molecule has 7 rings (SSSR count). The van der Waals surface area contributed by atoms with Crippen molar-refractivity contribution in [2.45, 2.75) is 38.4 Å². The lowest BCUT2D eigenvalue weighted by Gasteiger charge is -2.56. The highest BCUT2D eigenvalue weighted by molar-refractivity contribution is 5.85. The standard InChI is InChI=1S/C29H36N8O3/c1-20(2)33-28(38)19-36-23-11-24(36)17-35(16-23)27-4-3-21(14-31-27)26-12-25(18-37-29(26)22(13-30)15-32-37)40-10-7-34-5-8-39-9-6-34/h3-4,12,14-15,18,20,23-24H,5-11,16-17,19H2,1-2H3,(H,33,38). The Morgan fingerprint density at radius 3 is 2.73 bits per heavy atom. The molecule has 1 N–H and O–H groups in total. The molecule has 210 valence electrons. The second kappa shape index (κ2) is 11.4. The van der Waals surface area contributed by atoms with Gasteiger partial charge in [-0.05, 0) is 38.5 Å². The van der Waals surface area contributed by atoms with Gasteiger partial charge in [0.25, 0.3) is 0 Å². The van der Waals surface area contributed by atoms with E-state index in [1.807, 2.05) is 38.4 Å². The summed E-state index contributed by atoms with van der Waals surface area (Å²) in [6, 6.07) is 9.23. The van der Waals surface area contributed by atoms with E-state index in [9.17, 15) is 10.1 Å². The summed E-state index contributed by atoms with van der Waals surface area (Å²) >= 11 is 0. The topological polar surface area (TPSA) is 111 Å². The molecule has 3 aromatic rings. The van der Waals surface area contributed by atoms with E-state index in [0.29, 0.717) is 36.5 Å². The summed E-state index contributed by atoms with van der Waals surface area (Å²) in [6.45, 7) is 10.9. The van der Waals surface area contributed by atoms with Gasteiger partial charge in [-0.3, -0.25) is 14.6 Å². The third-order valence-electron chi connectivity index (χ3n) is 7.99. The van der Waals surface area contributed by atoms with Gasteiger partial charge < -0.3 is 19.7 Å². The first-order chi connectivity index (χ1) is 19.5. The van der Waals surface area contributed by atoms with E-state index in [4.69, 9.17) is 14.5 Å². The molecule has 1 amide bonds. The third kappa shape index (κ3) is 5.47. The van der Waals surface area contributed by atoms with Crippen LogP contribution >= 0.6 is 0 Å². The van der Waals surface area contributed by atoms with Crippen molar-refractivity contribution < 1.29 is 14.3 Å². The number of ether oxygens (including phenoxy) is 2. The van der Waals surface area contributed by atoms with Crippen LogP contribution in [0.3, 0.4) is 0 Å². The van der Waals surface area contributed by atoms with Crippen LogP contribution in [0.1, 0.15) is 25.8 Å². The monoisotopic (exact) mass is 544 g/mol. The summed E-state index contributed by atoms with van der Waals surface area (Å²) in [5, 5.41) is 17.1. The average molecular weight is 545 g/mol. The number of anilines is 1. The number of amides is 1. The van der Waals surface area contributed by atoms with Crippen molar-refractivity contribution in [3.8, 4) is 22.9 Å². The lowest BCUT2D eigenvalue weighted by Crippen LogP contribution is -2.70. The number of fused-ring (bicyclic) bond motifs is 3. The minimum Gasteiger partial charge on any atom is -0.491 e. The zero-order valence-corrected chi connectivity index (χ0v) is 23.1. The van der Waals surface area contributed by atoms with Crippen molar-refractivity contribution >= 4 is 17.2 Å². The normalized spacial score (nSPS) is 21.3. The Labute approximate surface area is 234 Å². The lowest BCUT2D eigenvalue weighted by molar-refractivity contribution is -0.127. The van der Waals surface area contributed by atoms with Gasteiger partial charge in [0.2, 0.25) is 5.91 Å². The summed E-state index contributed by atoms with van der Waals surface area (Å²) in [7, 11) is 0. The largest absolute Gasteiger partial charge is 0.491 e. The Balaban J connectivity index is 1.16. The summed E-state index contributed by atoms with van der Waals surface area (Å²) in [5.74, 6) is 1.72. The second-order valence-corrected chi connectivity index (χ2v) is 11.1. The van der Waals surface area contributed by atoms with E-state index >= 15 is 0 Å². The van der Waals surface area contributed by atoms with E-state index in [1.165, 1.54) is 0 Å². The van der Waals surface area contributed by atoms with Crippen LogP contribution in [-0.2, 0) is 9.53 Å². The van der Waals surface area contributed by atoms with Crippen molar-refractivity contribution in [3.05, 3.63) is 42.4 Å². The minimum atomic E-state index is 0.0934. The van der Waals surface area contributed by atoms with Crippen molar-refractivity contribution in [2.24, 2.45) is 0 Å². The second-order valence-electron chi connectivity index (χ2n) is 11.1. The summed E-state index contributed by atoms with van der Waals surface area (Å²) in [6.07, 6.45) is 6.40. The van der Waals surface area contributed by atoms with Crippen molar-refractivity contribution in [3.63, 3.8) is 0 Å². The fraction of sp³-hybridized carbons (Fsp3) is 0.517. The van der Waals surface area contributed by atoms with Crippen LogP contribution in [0, 0.1) is 11.3 Å². The molecular weight excluding hydrogens is 508 g/mol. The van der Waals surface area contributed by atoms with E-state index < -0.39 is 0 Å². The Kier molecular flexibility index (Phi) is 7.56. The van der Waals surface area contributed by atoms with Crippen LogP contribution in [0.5, 0.6) is 5.75 Å². The van der Waals surface area contributed by atoms with Crippen molar-refractivity contribution in [1.29, 1.82) is 5.26 Å². The van der Waals surface area contributed by atoms with Gasteiger partial charge >= 0.3 is 0 Å². The molecule has 0 radical (unpaired) electrons. The molecule has 0 aliphatic carbocycles. The molecule has 0 saturated carbocycles. The number of hydrogen-bond acceptors (Lipinski definition) is 9. The minimum absolute atomic E-state index is 0.0934. The Morgan fingerprint density at radius 2 is 2.02 bits per heavy atom. The SMILES string of the molecule is CC(C)NC(=O)CN1C2CC1CN(c1ccc(-c3cc(OCCN4CCOCC4)cn4ncc(C#N)c34)cn1)C2. The average Bonchev–Trinajstić information content (AvgIpc) is 3.39. The van der Waals surface area contributed by atoms with Gasteiger partial charge in [-0.25, -0.2) is 9.50 Å². The van der Waals surface area contributed by atoms with Crippen LogP contribution in [-0.4, -0.2) is 108 Å². The fourth-order valence-corrected chi connectivity index (χ4v) is 5.99. The maximum absolute atomic E-state index is 12.3. The number of rotatable bonds is 9. The number of nitriles is 1. The van der Waals surface area contributed by atoms with Crippen molar-refractivity contribution in [1.82, 2.24) is 29.7 Å². The number of pyridine rings is 2. The molecule has 11 nitrogen and oxygen atoms in total. The first-order valence-corrected chi connectivity index (χ1v) is 14.1. The predicted octanol–water partition coefficient (Wildman–Crippen LogP) is 1.77. The number of hydrogen-bond donors (Lipinski definition) is 1. The zero-order chi connectivity index (χ0) is 27.6. The van der Waals surface area contributed by atoms with Gasteiger partial charge in [0.05, 0.1) is 43.2 Å². The lowest BCUT2D eigenvalue weighted by atomic mass is 9.87. The number of piperidine rings is 1. The maximum Gasteiger partial charge on any atom is 0.234 e. The third-order valence-corrected chi connectivity index (χ3v) is 7.99. The highest BCUT2D eigenvalue weighted by Crippen LogP contribution is 2.35. The van der Waals surface area contributed by atoms with Crippen LogP contribution in [0.4, 0.5) is 5.82 Å². The number of piperazine rings is 1. The molecule has 4 aliphatic rings. The van der Waals surface area contributed by atoms with Gasteiger partial charge in [-0.1, -0.05) is 0 Å². The summed E-state index contributed by atoms with van der Waals surface area (Å²) < 4.78 is 13.3. The number of nitrogens with zero attached hydrogens (tertiary/aromatic N) is 7. The van der Waals surface area contributed by atoms with E-state index in [0.717, 1.165) is 74.8 Å². The molecule has 7 heterocycles. The van der Waals surface area contributed by atoms with Gasteiger partial charge in [0.1, 0.15) is 24.2 Å². The molecule has 2 atom stereocenters. The molecule has 0 spiro atoms. The smallest absolute Gasteiger partial charge is 0.234 e. The number of nitrogens with one attached hydrogen (secondary N) is 1. The highest BCUT2D eigenvalue weighted by Gasteiger charge is 2.45. The van der Waals surface area contributed by atoms with Crippen LogP contribution in [0.2, 0.25) is 0 Å². The van der Waals surface area contributed by atoms with Crippen LogP contribution < -0.4 is 15.0 Å². The fourth-order valence-electron chi connectivity index (χ4n) is 5.99. The first-order valence-electron chi connectivity index (χ1n) is 14.1. The molecule has 3 aromatic heterocycles.